The Kier molecular flexibility index (Phi) is 4.46. The molecule has 1 N–H and O–H groups in total. The Labute approximate surface area is 107 Å². The van der Waals surface area contributed by atoms with Gasteiger partial charge in [0.1, 0.15) is 5.82 Å². The molecule has 3 heteroatoms. The van der Waals surface area contributed by atoms with Gasteiger partial charge in [0.2, 0.25) is 0 Å². The summed E-state index contributed by atoms with van der Waals surface area (Å²) in [6.07, 6.45) is 1.07. The minimum atomic E-state index is -0.129. The first-order valence-corrected chi connectivity index (χ1v) is 7.42. The van der Waals surface area contributed by atoms with Crippen LogP contribution < -0.4 is 5.32 Å². The Morgan fingerprint density at radius 3 is 2.94 bits per heavy atom. The van der Waals surface area contributed by atoms with Crippen LogP contribution >= 0.6 is 11.8 Å². The van der Waals surface area contributed by atoms with Gasteiger partial charge in [-0.15, -0.1) is 0 Å². The molecule has 2 rings (SSSR count). The van der Waals surface area contributed by atoms with Crippen LogP contribution in [-0.2, 0) is 6.42 Å². The minimum Gasteiger partial charge on any atom is -0.313 e. The summed E-state index contributed by atoms with van der Waals surface area (Å²) in [5, 5.41) is 3.55. The summed E-state index contributed by atoms with van der Waals surface area (Å²) in [6.45, 7) is 5.19. The molecule has 0 radical (unpaired) electrons. The first kappa shape index (κ1) is 12.9. The second kappa shape index (κ2) is 5.87. The van der Waals surface area contributed by atoms with Gasteiger partial charge in [0, 0.05) is 11.8 Å². The molecule has 1 fully saturated rings. The maximum atomic E-state index is 13.0. The van der Waals surface area contributed by atoms with E-state index in [4.69, 9.17) is 0 Å². The largest absolute Gasteiger partial charge is 0.313 e. The second-order valence-corrected chi connectivity index (χ2v) is 5.81. The second-order valence-electron chi connectivity index (χ2n) is 4.74. The lowest BCUT2D eigenvalue weighted by Gasteiger charge is -2.20. The molecule has 0 saturated carbocycles. The van der Waals surface area contributed by atoms with Crippen molar-refractivity contribution >= 4 is 11.8 Å². The molecule has 0 spiro atoms. The van der Waals surface area contributed by atoms with Gasteiger partial charge in [-0.2, -0.15) is 11.8 Å². The Morgan fingerprint density at radius 1 is 1.41 bits per heavy atom. The van der Waals surface area contributed by atoms with E-state index in [1.165, 1.54) is 17.1 Å². The summed E-state index contributed by atoms with van der Waals surface area (Å²) in [5.41, 5.74) is 2.37. The topological polar surface area (TPSA) is 12.0 Å². The normalized spacial score (nSPS) is 24.2. The maximum absolute atomic E-state index is 13.0. The van der Waals surface area contributed by atoms with E-state index >= 15 is 0 Å². The molecule has 17 heavy (non-hydrogen) atoms. The number of rotatable bonds is 4. The molecular formula is C14H20FNS. The summed E-state index contributed by atoms with van der Waals surface area (Å²) in [7, 11) is 0. The number of thioether (sulfide) groups is 1. The average molecular weight is 253 g/mol. The van der Waals surface area contributed by atoms with Crippen molar-refractivity contribution in [2.75, 3.05) is 18.1 Å². The van der Waals surface area contributed by atoms with Gasteiger partial charge in [0.25, 0.3) is 0 Å². The molecule has 1 heterocycles. The van der Waals surface area contributed by atoms with E-state index in [0.717, 1.165) is 18.5 Å². The van der Waals surface area contributed by atoms with Gasteiger partial charge in [-0.05, 0) is 54.8 Å². The highest BCUT2D eigenvalue weighted by atomic mass is 32.2. The Morgan fingerprint density at radius 2 is 2.24 bits per heavy atom. The third-order valence-corrected chi connectivity index (χ3v) is 4.71. The van der Waals surface area contributed by atoms with Crippen molar-refractivity contribution in [3.8, 4) is 0 Å². The third kappa shape index (κ3) is 3.23. The van der Waals surface area contributed by atoms with Gasteiger partial charge in [-0.3, -0.25) is 0 Å². The molecule has 1 nitrogen and oxygen atoms in total. The fraction of sp³-hybridized carbons (Fsp3) is 0.571. The van der Waals surface area contributed by atoms with Gasteiger partial charge in [-0.1, -0.05) is 13.0 Å². The van der Waals surface area contributed by atoms with Crippen LogP contribution in [0, 0.1) is 18.7 Å². The summed E-state index contributed by atoms with van der Waals surface area (Å²) < 4.78 is 13.0. The van der Waals surface area contributed by atoms with Crippen LogP contribution in [0.15, 0.2) is 18.2 Å². The smallest absolute Gasteiger partial charge is 0.123 e. The van der Waals surface area contributed by atoms with E-state index in [1.54, 1.807) is 12.1 Å². The third-order valence-electron chi connectivity index (χ3n) is 3.45. The van der Waals surface area contributed by atoms with Crippen molar-refractivity contribution in [3.63, 3.8) is 0 Å². The van der Waals surface area contributed by atoms with Crippen molar-refractivity contribution in [2.45, 2.75) is 26.3 Å². The van der Waals surface area contributed by atoms with Gasteiger partial charge < -0.3 is 5.32 Å². The zero-order valence-corrected chi connectivity index (χ0v) is 11.3. The summed E-state index contributed by atoms with van der Waals surface area (Å²) in [5.74, 6) is 2.98. The predicted molar refractivity (Wildman–Crippen MR) is 73.1 cm³/mol. The van der Waals surface area contributed by atoms with Crippen molar-refractivity contribution in [2.24, 2.45) is 5.92 Å². The quantitative estimate of drug-likeness (QED) is 0.885. The SMILES string of the molecule is CCNC1CSCC1Cc1ccc(F)cc1C. The molecule has 1 aliphatic heterocycles. The Hall–Kier alpha value is -0.540. The molecule has 94 valence electrons. The van der Waals surface area contributed by atoms with E-state index in [0.29, 0.717) is 12.0 Å². The molecule has 2 atom stereocenters. The lowest BCUT2D eigenvalue weighted by atomic mass is 9.92. The number of hydrogen-bond acceptors (Lipinski definition) is 2. The van der Waals surface area contributed by atoms with Crippen LogP contribution in [0.1, 0.15) is 18.1 Å². The Balaban J connectivity index is 2.04. The van der Waals surface area contributed by atoms with Gasteiger partial charge in [0.05, 0.1) is 0 Å². The zero-order valence-electron chi connectivity index (χ0n) is 10.5. The molecule has 1 aromatic carbocycles. The van der Waals surface area contributed by atoms with Crippen molar-refractivity contribution < 1.29 is 4.39 Å². The maximum Gasteiger partial charge on any atom is 0.123 e. The van der Waals surface area contributed by atoms with Gasteiger partial charge >= 0.3 is 0 Å². The first-order valence-electron chi connectivity index (χ1n) is 6.27. The van der Waals surface area contributed by atoms with Crippen molar-refractivity contribution in [3.05, 3.63) is 35.1 Å². The number of nitrogens with one attached hydrogen (secondary N) is 1. The number of aryl methyl sites for hydroxylation is 1. The molecule has 0 aliphatic carbocycles. The molecule has 1 aromatic rings. The van der Waals surface area contributed by atoms with Crippen LogP contribution in [0.3, 0.4) is 0 Å². The molecule has 0 amide bonds. The molecule has 0 bridgehead atoms. The minimum absolute atomic E-state index is 0.129. The van der Waals surface area contributed by atoms with Gasteiger partial charge in [0.15, 0.2) is 0 Å². The highest BCUT2D eigenvalue weighted by molar-refractivity contribution is 7.99. The molecule has 0 aromatic heterocycles. The van der Waals surface area contributed by atoms with Crippen LogP contribution in [0.25, 0.3) is 0 Å². The highest BCUT2D eigenvalue weighted by Crippen LogP contribution is 2.28. The molecular weight excluding hydrogens is 233 g/mol. The standard InChI is InChI=1S/C14H20FNS/c1-3-16-14-9-17-8-12(14)7-11-4-5-13(15)6-10(11)2/h4-6,12,14,16H,3,7-9H2,1-2H3. The van der Waals surface area contributed by atoms with E-state index in [2.05, 4.69) is 12.2 Å². The number of halogens is 1. The monoisotopic (exact) mass is 253 g/mol. The zero-order chi connectivity index (χ0) is 12.3. The summed E-state index contributed by atoms with van der Waals surface area (Å²) >= 11 is 2.02. The average Bonchev–Trinajstić information content (AvgIpc) is 2.71. The van der Waals surface area contributed by atoms with Crippen LogP contribution in [-0.4, -0.2) is 24.1 Å². The number of hydrogen-bond donors (Lipinski definition) is 1. The lowest BCUT2D eigenvalue weighted by Crippen LogP contribution is -2.36. The van der Waals surface area contributed by atoms with Crippen LogP contribution in [0.4, 0.5) is 4.39 Å². The highest BCUT2D eigenvalue weighted by Gasteiger charge is 2.27. The van der Waals surface area contributed by atoms with E-state index < -0.39 is 0 Å². The van der Waals surface area contributed by atoms with Crippen LogP contribution in [0.2, 0.25) is 0 Å². The molecule has 1 aliphatic rings. The van der Waals surface area contributed by atoms with Crippen LogP contribution in [0.5, 0.6) is 0 Å². The van der Waals surface area contributed by atoms with Crippen molar-refractivity contribution in [1.82, 2.24) is 5.32 Å². The summed E-state index contributed by atoms with van der Waals surface area (Å²) in [6, 6.07) is 5.78. The van der Waals surface area contributed by atoms with E-state index in [9.17, 15) is 4.39 Å². The lowest BCUT2D eigenvalue weighted by molar-refractivity contribution is 0.433. The Bertz CT molecular complexity index is 380. The fourth-order valence-electron chi connectivity index (χ4n) is 2.46. The first-order chi connectivity index (χ1) is 8.20. The van der Waals surface area contributed by atoms with Gasteiger partial charge in [-0.25, -0.2) is 4.39 Å². The van der Waals surface area contributed by atoms with E-state index in [-0.39, 0.29) is 5.82 Å². The fourth-order valence-corrected chi connectivity index (χ4v) is 3.89. The summed E-state index contributed by atoms with van der Waals surface area (Å²) in [4.78, 5) is 0. The predicted octanol–water partition coefficient (Wildman–Crippen LogP) is 3.02. The molecule has 2 unspecified atom stereocenters. The van der Waals surface area contributed by atoms with E-state index in [1.807, 2.05) is 24.8 Å². The van der Waals surface area contributed by atoms with Crippen molar-refractivity contribution in [1.29, 1.82) is 0 Å². The number of benzene rings is 1. The molecule has 1 saturated heterocycles.